The second-order valence-electron chi connectivity index (χ2n) is 12.3. The number of carbonyl (C=O) groups is 3. The molecule has 3 aromatic carbocycles. The van der Waals surface area contributed by atoms with Crippen molar-refractivity contribution in [3.8, 4) is 11.5 Å². The lowest BCUT2D eigenvalue weighted by atomic mass is 10.1. The van der Waals surface area contributed by atoms with Crippen LogP contribution in [0, 0.1) is 0 Å². The molecule has 10 heteroatoms. The van der Waals surface area contributed by atoms with Crippen LogP contribution in [-0.4, -0.2) is 54.0 Å². The third-order valence-corrected chi connectivity index (χ3v) is 8.81. The number of nitrogens with zero attached hydrogens (tertiary/aromatic N) is 2. The summed E-state index contributed by atoms with van der Waals surface area (Å²) in [6.07, 6.45) is 8.88. The maximum absolute atomic E-state index is 12.8. The van der Waals surface area contributed by atoms with Gasteiger partial charge in [-0.1, -0.05) is 44.0 Å². The number of rotatable bonds is 15. The number of amides is 3. The van der Waals surface area contributed by atoms with Gasteiger partial charge in [0.15, 0.2) is 11.5 Å². The van der Waals surface area contributed by atoms with Crippen molar-refractivity contribution in [3.05, 3.63) is 95.8 Å². The van der Waals surface area contributed by atoms with Gasteiger partial charge < -0.3 is 30.0 Å². The smallest absolute Gasteiger partial charge is 0.251 e. The van der Waals surface area contributed by atoms with Crippen LogP contribution in [-0.2, 0) is 22.6 Å². The molecule has 2 aromatic heterocycles. The molecule has 49 heavy (non-hydrogen) atoms. The average molecular weight is 662 g/mol. The second-order valence-corrected chi connectivity index (χ2v) is 12.3. The van der Waals surface area contributed by atoms with E-state index in [2.05, 4.69) is 38.8 Å². The molecule has 6 rings (SSSR count). The quantitative estimate of drug-likeness (QED) is 0.111. The predicted octanol–water partition coefficient (Wildman–Crippen LogP) is 6.47. The zero-order valence-corrected chi connectivity index (χ0v) is 27.9. The maximum atomic E-state index is 12.8. The van der Waals surface area contributed by atoms with Gasteiger partial charge in [0.05, 0.1) is 6.54 Å². The number of ether oxygens (including phenoxy) is 2. The lowest BCUT2D eigenvalue weighted by molar-refractivity contribution is -0.121. The summed E-state index contributed by atoms with van der Waals surface area (Å²) < 4.78 is 11.3. The summed E-state index contributed by atoms with van der Waals surface area (Å²) in [5.41, 5.74) is 5.50. The number of aromatic nitrogens is 2. The van der Waals surface area contributed by atoms with Gasteiger partial charge in [0.2, 0.25) is 11.8 Å². The van der Waals surface area contributed by atoms with Crippen LogP contribution in [0.25, 0.3) is 21.8 Å². The summed E-state index contributed by atoms with van der Waals surface area (Å²) in [7, 11) is 0. The first-order valence-electron chi connectivity index (χ1n) is 17.2. The molecule has 1 aliphatic heterocycles. The Balaban J connectivity index is 0.858. The summed E-state index contributed by atoms with van der Waals surface area (Å²) in [5.74, 6) is 1.26. The minimum atomic E-state index is -0.118. The number of anilines is 1. The Morgan fingerprint density at radius 2 is 1.55 bits per heavy atom. The molecule has 3 heterocycles. The molecular weight excluding hydrogens is 618 g/mol. The SMILES string of the molecule is CCC(=O)N(Cc1ccc(C(=O)NCCCCCCNC(=O)CCc2ccc3c(c2)[nH]c2ccncc23)cc1)c1ccc2c(c1)OCCO2. The zero-order valence-electron chi connectivity index (χ0n) is 27.9. The van der Waals surface area contributed by atoms with E-state index in [1.807, 2.05) is 49.5 Å². The predicted molar refractivity (Wildman–Crippen MR) is 191 cm³/mol. The van der Waals surface area contributed by atoms with Crippen molar-refractivity contribution >= 4 is 45.2 Å². The van der Waals surface area contributed by atoms with Crippen LogP contribution in [0.3, 0.4) is 0 Å². The topological polar surface area (TPSA) is 126 Å². The minimum absolute atomic E-state index is 0.00477. The van der Waals surface area contributed by atoms with E-state index in [0.717, 1.165) is 64.3 Å². The number of hydrogen-bond donors (Lipinski definition) is 3. The molecule has 1 aliphatic rings. The van der Waals surface area contributed by atoms with Crippen LogP contribution in [0.1, 0.15) is 66.9 Å². The first-order valence-corrected chi connectivity index (χ1v) is 17.2. The van der Waals surface area contributed by atoms with Gasteiger partial charge in [-0.25, -0.2) is 0 Å². The van der Waals surface area contributed by atoms with Crippen molar-refractivity contribution in [2.24, 2.45) is 0 Å². The molecule has 0 spiro atoms. The molecule has 5 aromatic rings. The van der Waals surface area contributed by atoms with E-state index < -0.39 is 0 Å². The van der Waals surface area contributed by atoms with Crippen LogP contribution < -0.4 is 25.0 Å². The fraction of sp³-hybridized carbons (Fsp3) is 0.333. The number of nitrogens with one attached hydrogen (secondary N) is 3. The van der Waals surface area contributed by atoms with Gasteiger partial charge in [-0.2, -0.15) is 0 Å². The van der Waals surface area contributed by atoms with E-state index in [1.54, 1.807) is 23.2 Å². The molecule has 0 fully saturated rings. The largest absolute Gasteiger partial charge is 0.486 e. The summed E-state index contributed by atoms with van der Waals surface area (Å²) in [5, 5.41) is 8.28. The molecule has 3 N–H and O–H groups in total. The molecule has 0 bridgehead atoms. The van der Waals surface area contributed by atoms with E-state index in [9.17, 15) is 14.4 Å². The number of benzene rings is 3. The summed E-state index contributed by atoms with van der Waals surface area (Å²) >= 11 is 0. The van der Waals surface area contributed by atoms with Crippen molar-refractivity contribution in [2.45, 2.75) is 58.4 Å². The van der Waals surface area contributed by atoms with Crippen LogP contribution in [0.2, 0.25) is 0 Å². The lowest BCUT2D eigenvalue weighted by Crippen LogP contribution is -2.30. The molecule has 0 radical (unpaired) electrons. The number of H-pyrrole nitrogens is 1. The van der Waals surface area contributed by atoms with E-state index in [4.69, 9.17) is 9.47 Å². The monoisotopic (exact) mass is 661 g/mol. The maximum Gasteiger partial charge on any atom is 0.251 e. The van der Waals surface area contributed by atoms with Crippen LogP contribution in [0.4, 0.5) is 5.69 Å². The zero-order chi connectivity index (χ0) is 34.0. The molecule has 0 aliphatic carbocycles. The highest BCUT2D eigenvalue weighted by Gasteiger charge is 2.19. The minimum Gasteiger partial charge on any atom is -0.486 e. The van der Waals surface area contributed by atoms with Gasteiger partial charge in [-0.15, -0.1) is 0 Å². The van der Waals surface area contributed by atoms with Crippen LogP contribution >= 0.6 is 0 Å². The molecule has 0 atom stereocenters. The van der Waals surface area contributed by atoms with Crippen molar-refractivity contribution in [2.75, 3.05) is 31.2 Å². The van der Waals surface area contributed by atoms with Gasteiger partial charge in [-0.05, 0) is 66.8 Å². The van der Waals surface area contributed by atoms with Crippen molar-refractivity contribution < 1.29 is 23.9 Å². The first-order chi connectivity index (χ1) is 24.0. The molecule has 10 nitrogen and oxygen atoms in total. The highest BCUT2D eigenvalue weighted by atomic mass is 16.6. The second kappa shape index (κ2) is 16.1. The van der Waals surface area contributed by atoms with Crippen molar-refractivity contribution in [1.82, 2.24) is 20.6 Å². The molecule has 3 amide bonds. The van der Waals surface area contributed by atoms with Gasteiger partial charge in [0.1, 0.15) is 13.2 Å². The number of pyridine rings is 1. The Labute approximate surface area is 286 Å². The van der Waals surface area contributed by atoms with E-state index >= 15 is 0 Å². The standard InChI is InChI=1S/C39H43N5O5/c1-2-38(46)44(30-13-15-35-36(24-30)49-22-21-48-35)26-28-7-11-29(12-8-28)39(47)42-19-6-4-3-5-18-41-37(45)16-10-27-9-14-31-32-25-40-20-17-33(32)43-34(31)23-27/h7-9,11-15,17,20,23-25,43H,2-6,10,16,18-19,21-22,26H2,1H3,(H,41,45)(H,42,47). The van der Waals surface area contributed by atoms with Gasteiger partial charge in [-0.3, -0.25) is 19.4 Å². The highest BCUT2D eigenvalue weighted by Crippen LogP contribution is 2.35. The van der Waals surface area contributed by atoms with Gasteiger partial charge in [0.25, 0.3) is 5.91 Å². The molecule has 0 unspecified atom stereocenters. The third-order valence-electron chi connectivity index (χ3n) is 8.81. The number of aryl methyl sites for hydroxylation is 1. The first kappa shape index (κ1) is 33.5. The lowest BCUT2D eigenvalue weighted by Gasteiger charge is -2.25. The highest BCUT2D eigenvalue weighted by molar-refractivity contribution is 6.06. The summed E-state index contributed by atoms with van der Waals surface area (Å²) in [6, 6.07) is 21.2. The average Bonchev–Trinajstić information content (AvgIpc) is 3.51. The Hall–Kier alpha value is -5.38. The Morgan fingerprint density at radius 3 is 2.35 bits per heavy atom. The molecular formula is C39H43N5O5. The fourth-order valence-electron chi connectivity index (χ4n) is 6.09. The fourth-order valence-corrected chi connectivity index (χ4v) is 6.09. The number of carbonyl (C=O) groups excluding carboxylic acids is 3. The number of hydrogen-bond acceptors (Lipinski definition) is 6. The summed E-state index contributed by atoms with van der Waals surface area (Å²) in [4.78, 5) is 47.3. The van der Waals surface area contributed by atoms with Crippen LogP contribution in [0.5, 0.6) is 11.5 Å². The molecule has 0 saturated carbocycles. The van der Waals surface area contributed by atoms with E-state index in [0.29, 0.717) is 69.2 Å². The Kier molecular flexibility index (Phi) is 11.0. The number of unbranched alkanes of at least 4 members (excludes halogenated alkanes) is 3. The Morgan fingerprint density at radius 1 is 0.796 bits per heavy atom. The Bertz CT molecular complexity index is 1920. The van der Waals surface area contributed by atoms with E-state index in [-0.39, 0.29) is 17.7 Å². The summed E-state index contributed by atoms with van der Waals surface area (Å²) in [6.45, 7) is 4.46. The molecule has 254 valence electrons. The van der Waals surface area contributed by atoms with E-state index in [1.165, 1.54) is 0 Å². The van der Waals surface area contributed by atoms with Crippen molar-refractivity contribution in [3.63, 3.8) is 0 Å². The van der Waals surface area contributed by atoms with Crippen LogP contribution in [0.15, 0.2) is 79.1 Å². The van der Waals surface area contributed by atoms with Gasteiger partial charge in [0, 0.05) is 77.4 Å². The molecule has 0 saturated heterocycles. The number of aromatic amines is 1. The van der Waals surface area contributed by atoms with Gasteiger partial charge >= 0.3 is 0 Å². The third kappa shape index (κ3) is 8.56. The normalized spacial score (nSPS) is 12.2. The number of fused-ring (bicyclic) bond motifs is 4. The van der Waals surface area contributed by atoms with Crippen molar-refractivity contribution in [1.29, 1.82) is 0 Å².